The smallest absolute Gasteiger partial charge is 0.120 e. The van der Waals surface area contributed by atoms with Crippen LogP contribution in [0, 0.1) is 11.3 Å². The number of benzene rings is 2. The summed E-state index contributed by atoms with van der Waals surface area (Å²) in [7, 11) is 2.15. The molecule has 0 amide bonds. The van der Waals surface area contributed by atoms with Crippen molar-refractivity contribution in [2.45, 2.75) is 45.1 Å². The fourth-order valence-corrected chi connectivity index (χ4v) is 6.48. The van der Waals surface area contributed by atoms with Crippen molar-refractivity contribution in [3.05, 3.63) is 89.1 Å². The van der Waals surface area contributed by atoms with Gasteiger partial charge in [-0.15, -0.1) is 0 Å². The molecule has 2 aromatic rings. The predicted molar refractivity (Wildman–Crippen MR) is 146 cm³/mol. The van der Waals surface area contributed by atoms with E-state index < -0.39 is 5.60 Å². The van der Waals surface area contributed by atoms with Crippen molar-refractivity contribution < 1.29 is 5.11 Å². The lowest BCUT2D eigenvalue weighted by molar-refractivity contribution is -0.130. The van der Waals surface area contributed by atoms with E-state index in [1.54, 1.807) is 0 Å². The van der Waals surface area contributed by atoms with Crippen LogP contribution in [0.1, 0.15) is 50.7 Å². The van der Waals surface area contributed by atoms with Crippen LogP contribution in [0.2, 0.25) is 0 Å². The molecule has 1 unspecified atom stereocenters. The summed E-state index contributed by atoms with van der Waals surface area (Å²) in [5.41, 5.74) is 4.70. The van der Waals surface area contributed by atoms with Gasteiger partial charge in [-0.2, -0.15) is 0 Å². The molecule has 1 atom stereocenters. The van der Waals surface area contributed by atoms with Gasteiger partial charge in [-0.3, -0.25) is 0 Å². The fourth-order valence-electron chi connectivity index (χ4n) is 6.48. The van der Waals surface area contributed by atoms with Gasteiger partial charge in [0.2, 0.25) is 0 Å². The van der Waals surface area contributed by atoms with Crippen LogP contribution in [0.3, 0.4) is 0 Å². The number of piperidine rings is 1. The van der Waals surface area contributed by atoms with Crippen molar-refractivity contribution >= 4 is 5.69 Å². The molecule has 186 valence electrons. The van der Waals surface area contributed by atoms with Gasteiger partial charge >= 0.3 is 0 Å². The van der Waals surface area contributed by atoms with Crippen molar-refractivity contribution in [2.24, 2.45) is 11.3 Å². The minimum absolute atomic E-state index is 0.244. The predicted octanol–water partition coefficient (Wildman–Crippen LogP) is 5.28. The molecule has 4 heteroatoms. The van der Waals surface area contributed by atoms with Gasteiger partial charge in [0, 0.05) is 36.9 Å². The third-order valence-corrected chi connectivity index (χ3v) is 8.46. The Morgan fingerprint density at radius 2 is 1.66 bits per heavy atom. The summed E-state index contributed by atoms with van der Waals surface area (Å²) in [6.45, 7) is 11.3. The van der Waals surface area contributed by atoms with Crippen LogP contribution in [-0.4, -0.2) is 49.8 Å². The molecular weight excluding hydrogens is 430 g/mol. The Hall–Kier alpha value is -2.40. The lowest BCUT2D eigenvalue weighted by atomic mass is 9.60. The number of hydrogen-bond acceptors (Lipinski definition) is 4. The van der Waals surface area contributed by atoms with Crippen molar-refractivity contribution in [3.8, 4) is 0 Å². The van der Waals surface area contributed by atoms with E-state index in [2.05, 4.69) is 110 Å². The van der Waals surface area contributed by atoms with E-state index in [9.17, 15) is 5.11 Å². The van der Waals surface area contributed by atoms with Crippen LogP contribution in [-0.2, 0) is 5.60 Å². The van der Waals surface area contributed by atoms with E-state index in [0.29, 0.717) is 18.4 Å². The van der Waals surface area contributed by atoms with Crippen molar-refractivity contribution in [1.29, 1.82) is 0 Å². The normalized spacial score (nSPS) is 22.9. The molecule has 35 heavy (non-hydrogen) atoms. The van der Waals surface area contributed by atoms with Gasteiger partial charge in [0.15, 0.2) is 0 Å². The van der Waals surface area contributed by atoms with E-state index in [4.69, 9.17) is 0 Å². The number of nitrogens with zero attached hydrogens (tertiary/aromatic N) is 2. The number of likely N-dealkylation sites (tertiary alicyclic amines) is 1. The van der Waals surface area contributed by atoms with Crippen LogP contribution < -0.4 is 10.2 Å². The molecule has 4 nitrogen and oxygen atoms in total. The third kappa shape index (κ3) is 4.48. The number of hydrogen-bond donors (Lipinski definition) is 2. The van der Waals surface area contributed by atoms with Crippen molar-refractivity contribution in [1.82, 2.24) is 10.2 Å². The Bertz CT molecular complexity index is 1080. The van der Waals surface area contributed by atoms with Crippen LogP contribution in [0.25, 0.3) is 0 Å². The molecule has 0 radical (unpaired) electrons. The molecular formula is C31H41N3O. The van der Waals surface area contributed by atoms with Crippen LogP contribution >= 0.6 is 0 Å². The minimum atomic E-state index is -1.03. The first-order valence-corrected chi connectivity index (χ1v) is 13.3. The Balaban J connectivity index is 1.61. The first-order valence-electron chi connectivity index (χ1n) is 13.3. The van der Waals surface area contributed by atoms with Gasteiger partial charge in [-0.25, -0.2) is 0 Å². The summed E-state index contributed by atoms with van der Waals surface area (Å²) in [6, 6.07) is 19.4. The van der Waals surface area contributed by atoms with Crippen LogP contribution in [0.15, 0.2) is 78.0 Å². The number of anilines is 1. The van der Waals surface area contributed by atoms with Gasteiger partial charge in [0.25, 0.3) is 0 Å². The molecule has 0 aromatic heterocycles. The standard InChI is InChI=1S/C31H41N3O/c1-23(2)24-10-12-27(13-11-24)31(35,30(3)21-33(4)22-30)28-18-26(25-14-16-32-17-15-25)19-34(20-28)29-8-6-5-7-9-29/h5-13,18-19,23,25,32,35H,14-17,20-22H2,1-4H3. The summed E-state index contributed by atoms with van der Waals surface area (Å²) in [5, 5.41) is 16.4. The molecule has 2 fully saturated rings. The molecule has 0 aliphatic carbocycles. The van der Waals surface area contributed by atoms with Gasteiger partial charge in [-0.05, 0) is 79.2 Å². The molecule has 0 spiro atoms. The second kappa shape index (κ2) is 9.57. The minimum Gasteiger partial charge on any atom is -0.380 e. The summed E-state index contributed by atoms with van der Waals surface area (Å²) in [6.07, 6.45) is 6.97. The largest absolute Gasteiger partial charge is 0.380 e. The number of aliphatic hydroxyl groups is 1. The van der Waals surface area contributed by atoms with Gasteiger partial charge in [0.1, 0.15) is 5.60 Å². The van der Waals surface area contributed by atoms with E-state index in [-0.39, 0.29) is 5.41 Å². The maximum absolute atomic E-state index is 12.9. The van der Waals surface area contributed by atoms with E-state index in [1.807, 2.05) is 0 Å². The van der Waals surface area contributed by atoms with Gasteiger partial charge in [0.05, 0.1) is 0 Å². The molecule has 5 rings (SSSR count). The molecule has 2 saturated heterocycles. The molecule has 3 aliphatic rings. The third-order valence-electron chi connectivity index (χ3n) is 8.46. The zero-order chi connectivity index (χ0) is 24.6. The summed E-state index contributed by atoms with van der Waals surface area (Å²) in [5.74, 6) is 0.988. The topological polar surface area (TPSA) is 38.7 Å². The SMILES string of the molecule is CC(C)c1ccc(C(O)(C2=CC(C3CCNCC3)=CN(c3ccccc3)C2)C2(C)CN(C)C2)cc1. The average molecular weight is 472 g/mol. The second-order valence-electron chi connectivity index (χ2n) is 11.5. The molecule has 2 N–H and O–H groups in total. The van der Waals surface area contributed by atoms with E-state index >= 15 is 0 Å². The molecule has 3 heterocycles. The monoisotopic (exact) mass is 471 g/mol. The Labute approximate surface area is 211 Å². The Kier molecular flexibility index (Phi) is 6.65. The maximum atomic E-state index is 12.9. The highest BCUT2D eigenvalue weighted by molar-refractivity contribution is 5.57. The summed E-state index contributed by atoms with van der Waals surface area (Å²) < 4.78 is 0. The zero-order valence-corrected chi connectivity index (χ0v) is 21.8. The van der Waals surface area contributed by atoms with Crippen LogP contribution in [0.4, 0.5) is 5.69 Å². The molecule has 0 bridgehead atoms. The highest BCUT2D eigenvalue weighted by Crippen LogP contribution is 2.52. The van der Waals surface area contributed by atoms with E-state index in [0.717, 1.165) is 50.2 Å². The Morgan fingerprint density at radius 3 is 2.26 bits per heavy atom. The second-order valence-corrected chi connectivity index (χ2v) is 11.5. The van der Waals surface area contributed by atoms with Crippen molar-refractivity contribution in [3.63, 3.8) is 0 Å². The fraction of sp³-hybridized carbons (Fsp3) is 0.484. The quantitative estimate of drug-likeness (QED) is 0.601. The summed E-state index contributed by atoms with van der Waals surface area (Å²) >= 11 is 0. The first-order chi connectivity index (χ1) is 16.8. The highest BCUT2D eigenvalue weighted by Gasteiger charge is 2.56. The van der Waals surface area contributed by atoms with Gasteiger partial charge < -0.3 is 20.2 Å². The van der Waals surface area contributed by atoms with Crippen molar-refractivity contribution in [2.75, 3.05) is 44.7 Å². The maximum Gasteiger partial charge on any atom is 0.120 e. The lowest BCUT2D eigenvalue weighted by Gasteiger charge is -2.57. The lowest BCUT2D eigenvalue weighted by Crippen LogP contribution is -2.64. The van der Waals surface area contributed by atoms with E-state index in [1.165, 1.54) is 16.8 Å². The molecule has 0 saturated carbocycles. The Morgan fingerprint density at radius 1 is 1.00 bits per heavy atom. The summed E-state index contributed by atoms with van der Waals surface area (Å²) in [4.78, 5) is 4.67. The zero-order valence-electron chi connectivity index (χ0n) is 21.8. The number of allylic oxidation sites excluding steroid dienone is 2. The number of para-hydroxylation sites is 1. The van der Waals surface area contributed by atoms with Crippen LogP contribution in [0.5, 0.6) is 0 Å². The highest BCUT2D eigenvalue weighted by atomic mass is 16.3. The average Bonchev–Trinajstić information content (AvgIpc) is 2.88. The van der Waals surface area contributed by atoms with Gasteiger partial charge in [-0.1, -0.05) is 69.3 Å². The molecule has 2 aromatic carbocycles. The number of rotatable bonds is 6. The first kappa shape index (κ1) is 24.3. The molecule has 3 aliphatic heterocycles. The number of nitrogens with one attached hydrogen (secondary N) is 1.